The molecule has 1 N–H and O–H groups in total. The summed E-state index contributed by atoms with van der Waals surface area (Å²) < 4.78 is 18.3. The molecule has 0 bridgehead atoms. The molecule has 0 radical (unpaired) electrons. The van der Waals surface area contributed by atoms with Crippen molar-refractivity contribution in [3.8, 4) is 0 Å². The van der Waals surface area contributed by atoms with Crippen LogP contribution in [0.3, 0.4) is 0 Å². The van der Waals surface area contributed by atoms with E-state index in [1.54, 1.807) is 0 Å². The zero-order valence-electron chi connectivity index (χ0n) is 2.62. The average Bonchev–Trinajstić information content (AvgIpc) is 1.36. The lowest BCUT2D eigenvalue weighted by atomic mass is 11.6. The van der Waals surface area contributed by atoms with Gasteiger partial charge in [0.1, 0.15) is 0 Å². The Morgan fingerprint density at radius 1 is 1.50 bits per heavy atom. The van der Waals surface area contributed by atoms with Gasteiger partial charge in [-0.1, -0.05) is 0 Å². The molecule has 0 saturated carbocycles. The van der Waals surface area contributed by atoms with Crippen molar-refractivity contribution in [1.29, 1.82) is 0 Å². The average molecular weight is 110 g/mol. The van der Waals surface area contributed by atoms with E-state index in [0.717, 1.165) is 0 Å². The summed E-state index contributed by atoms with van der Waals surface area (Å²) in [6.45, 7) is 0. The number of carbonyl (C=O) groups is 1. The van der Waals surface area contributed by atoms with Crippen LogP contribution in [0.5, 0.6) is 0 Å². The second kappa shape index (κ2) is 1.76. The Morgan fingerprint density at radius 2 is 1.67 bits per heavy atom. The molecule has 0 rings (SSSR count). The first-order valence-corrected chi connectivity index (χ1v) is 2.19. The molecular formula is CH2O4S. The van der Waals surface area contributed by atoms with Gasteiger partial charge in [-0.3, -0.25) is 0 Å². The number of carboxylic acid groups (broad SMARTS) is 1. The molecular weight excluding hydrogens is 108 g/mol. The van der Waals surface area contributed by atoms with Crippen LogP contribution in [-0.4, -0.2) is 18.8 Å². The highest BCUT2D eigenvalue weighted by Gasteiger charge is 1.91. The SMILES string of the molecule is O=C(O)[SH](=O)=O. The fourth-order valence-electron chi connectivity index (χ4n) is 0. The van der Waals surface area contributed by atoms with E-state index in [-0.39, 0.29) is 0 Å². The zero-order chi connectivity index (χ0) is 5.15. The third kappa shape index (κ3) is 1.71. The molecule has 36 valence electrons. The summed E-state index contributed by atoms with van der Waals surface area (Å²) in [5.41, 5.74) is 0. The van der Waals surface area contributed by atoms with E-state index in [4.69, 9.17) is 18.3 Å². The van der Waals surface area contributed by atoms with Crippen LogP contribution in [0.15, 0.2) is 0 Å². The lowest BCUT2D eigenvalue weighted by molar-refractivity contribution is 0.220. The molecule has 0 fully saturated rings. The van der Waals surface area contributed by atoms with Gasteiger partial charge in [-0.05, 0) is 0 Å². The van der Waals surface area contributed by atoms with Crippen molar-refractivity contribution in [3.05, 3.63) is 0 Å². The molecule has 0 atom stereocenters. The first-order valence-electron chi connectivity index (χ1n) is 1.02. The Labute approximate surface area is 35.4 Å². The van der Waals surface area contributed by atoms with E-state index in [2.05, 4.69) is 0 Å². The van der Waals surface area contributed by atoms with E-state index in [1.165, 1.54) is 0 Å². The van der Waals surface area contributed by atoms with E-state index in [1.807, 2.05) is 0 Å². The Kier molecular flexibility index (Phi) is 1.59. The summed E-state index contributed by atoms with van der Waals surface area (Å²) in [7, 11) is -3.24. The quantitative estimate of drug-likeness (QED) is 0.403. The highest BCUT2D eigenvalue weighted by atomic mass is 32.2. The zero-order valence-corrected chi connectivity index (χ0v) is 3.51. The van der Waals surface area contributed by atoms with Gasteiger partial charge in [0.05, 0.1) is 0 Å². The molecule has 0 aromatic carbocycles. The molecule has 0 aliphatic carbocycles. The standard InChI is InChI=1S/CH2O4S/c2-1(3)6(4)5/h6H,(H,2,3). The lowest BCUT2D eigenvalue weighted by Crippen LogP contribution is -1.90. The van der Waals surface area contributed by atoms with Gasteiger partial charge < -0.3 is 5.11 Å². The van der Waals surface area contributed by atoms with Crippen molar-refractivity contribution < 1.29 is 18.3 Å². The van der Waals surface area contributed by atoms with Crippen LogP contribution >= 0.6 is 0 Å². The van der Waals surface area contributed by atoms with Crippen LogP contribution in [0.2, 0.25) is 0 Å². The van der Waals surface area contributed by atoms with Crippen molar-refractivity contribution in [2.24, 2.45) is 0 Å². The lowest BCUT2D eigenvalue weighted by Gasteiger charge is -1.64. The smallest absolute Gasteiger partial charge is 0.419 e. The minimum atomic E-state index is -3.24. The highest BCUT2D eigenvalue weighted by molar-refractivity contribution is 7.88. The molecule has 0 amide bonds. The van der Waals surface area contributed by atoms with E-state index in [9.17, 15) is 0 Å². The third-order valence-corrected chi connectivity index (χ3v) is 0.469. The van der Waals surface area contributed by atoms with Gasteiger partial charge in [0.2, 0.25) is 10.7 Å². The van der Waals surface area contributed by atoms with Gasteiger partial charge in [0.25, 0.3) is 0 Å². The van der Waals surface area contributed by atoms with Gasteiger partial charge in [0.15, 0.2) is 0 Å². The molecule has 6 heavy (non-hydrogen) atoms. The summed E-state index contributed by atoms with van der Waals surface area (Å²) >= 11 is 0. The predicted molar refractivity (Wildman–Crippen MR) is 18.3 cm³/mol. The van der Waals surface area contributed by atoms with Gasteiger partial charge in [0, 0.05) is 0 Å². The van der Waals surface area contributed by atoms with Crippen LogP contribution < -0.4 is 0 Å². The van der Waals surface area contributed by atoms with Crippen LogP contribution in [0.25, 0.3) is 0 Å². The van der Waals surface area contributed by atoms with E-state index >= 15 is 0 Å². The summed E-state index contributed by atoms with van der Waals surface area (Å²) in [5, 5.41) is 5.61. The first-order chi connectivity index (χ1) is 2.64. The number of thiol groups is 1. The maximum atomic E-state index is 9.14. The Balaban J connectivity index is 3.94. The van der Waals surface area contributed by atoms with Crippen LogP contribution in [0.4, 0.5) is 4.79 Å². The van der Waals surface area contributed by atoms with E-state index in [0.29, 0.717) is 0 Å². The van der Waals surface area contributed by atoms with Gasteiger partial charge >= 0.3 is 5.30 Å². The monoisotopic (exact) mass is 110 g/mol. The molecule has 0 spiro atoms. The fourth-order valence-corrected chi connectivity index (χ4v) is 0. The maximum absolute atomic E-state index is 9.14. The van der Waals surface area contributed by atoms with Crippen LogP contribution in [0.1, 0.15) is 0 Å². The molecule has 0 aromatic rings. The van der Waals surface area contributed by atoms with Crippen molar-refractivity contribution in [2.75, 3.05) is 0 Å². The number of rotatable bonds is 0. The van der Waals surface area contributed by atoms with Crippen molar-refractivity contribution in [1.82, 2.24) is 0 Å². The molecule has 0 aliphatic rings. The maximum Gasteiger partial charge on any atom is 0.419 e. The summed E-state index contributed by atoms with van der Waals surface area (Å²) in [5.74, 6) is 0. The minimum Gasteiger partial charge on any atom is -0.470 e. The molecule has 0 aliphatic heterocycles. The van der Waals surface area contributed by atoms with Crippen LogP contribution in [0, 0.1) is 0 Å². The largest absolute Gasteiger partial charge is 0.470 e. The summed E-state index contributed by atoms with van der Waals surface area (Å²) in [4.78, 5) is 9.10. The van der Waals surface area contributed by atoms with Crippen molar-refractivity contribution in [3.63, 3.8) is 0 Å². The Bertz CT molecular complexity index is 114. The molecule has 0 saturated heterocycles. The van der Waals surface area contributed by atoms with Crippen molar-refractivity contribution in [2.45, 2.75) is 0 Å². The summed E-state index contributed by atoms with van der Waals surface area (Å²) in [6, 6.07) is 0. The normalized spacial score (nSPS) is 8.83. The number of hydrogen-bond donors (Lipinski definition) is 2. The molecule has 0 heterocycles. The van der Waals surface area contributed by atoms with Gasteiger partial charge in [-0.25, -0.2) is 13.2 Å². The van der Waals surface area contributed by atoms with Gasteiger partial charge in [-0.2, -0.15) is 0 Å². The first kappa shape index (κ1) is 5.42. The number of hydrogen-bond acceptors (Lipinski definition) is 3. The highest BCUT2D eigenvalue weighted by Crippen LogP contribution is 1.61. The second-order valence-corrected chi connectivity index (χ2v) is 1.44. The van der Waals surface area contributed by atoms with Crippen molar-refractivity contribution >= 4 is 16.0 Å². The van der Waals surface area contributed by atoms with E-state index < -0.39 is 16.0 Å². The fraction of sp³-hybridized carbons (Fsp3) is 0. The predicted octanol–water partition coefficient (Wildman–Crippen LogP) is -0.724. The second-order valence-electron chi connectivity index (χ2n) is 0.540. The molecule has 5 heteroatoms. The molecule has 0 unspecified atom stereocenters. The van der Waals surface area contributed by atoms with Gasteiger partial charge in [-0.15, -0.1) is 0 Å². The van der Waals surface area contributed by atoms with Crippen LogP contribution in [-0.2, 0) is 10.7 Å². The molecule has 0 aromatic heterocycles. The Morgan fingerprint density at radius 3 is 1.67 bits per heavy atom. The topological polar surface area (TPSA) is 71.4 Å². The summed E-state index contributed by atoms with van der Waals surface area (Å²) in [6.07, 6.45) is 0. The Hall–Kier alpha value is -0.580. The third-order valence-electron chi connectivity index (χ3n) is 0.156. The molecule has 4 nitrogen and oxygen atoms in total. The minimum absolute atomic E-state index is 1.79.